The third-order valence-electron chi connectivity index (χ3n) is 4.60. The molecule has 0 unspecified atom stereocenters. The molecular weight excluding hydrogens is 346 g/mol. The first-order chi connectivity index (χ1) is 13.1. The van der Waals surface area contributed by atoms with Gasteiger partial charge in [-0.15, -0.1) is 0 Å². The van der Waals surface area contributed by atoms with Crippen molar-refractivity contribution in [1.29, 1.82) is 0 Å². The van der Waals surface area contributed by atoms with Crippen molar-refractivity contribution in [2.45, 2.75) is 6.92 Å². The number of aromatic amines is 3. The van der Waals surface area contributed by atoms with Crippen LogP contribution in [0, 0.1) is 6.92 Å². The second-order valence-corrected chi connectivity index (χ2v) is 6.17. The van der Waals surface area contributed by atoms with E-state index in [1.807, 2.05) is 19.1 Å². The number of aromatic nitrogens is 7. The summed E-state index contributed by atoms with van der Waals surface area (Å²) in [5, 5.41) is 13.4. The molecule has 0 aliphatic heterocycles. The van der Waals surface area contributed by atoms with Crippen molar-refractivity contribution >= 4 is 16.7 Å². The Morgan fingerprint density at radius 2 is 1.96 bits per heavy atom. The van der Waals surface area contributed by atoms with E-state index in [9.17, 15) is 9.59 Å². The van der Waals surface area contributed by atoms with Gasteiger partial charge in [0.25, 0.3) is 11.1 Å². The number of pyridine rings is 1. The summed E-state index contributed by atoms with van der Waals surface area (Å²) in [5.74, 6) is 0. The van der Waals surface area contributed by atoms with Gasteiger partial charge in [-0.2, -0.15) is 19.9 Å². The second kappa shape index (κ2) is 5.49. The van der Waals surface area contributed by atoms with Crippen LogP contribution in [0.5, 0.6) is 0 Å². The van der Waals surface area contributed by atoms with Crippen LogP contribution in [0.1, 0.15) is 5.56 Å². The molecule has 5 aromatic rings. The minimum atomic E-state index is -0.386. The van der Waals surface area contributed by atoms with Crippen molar-refractivity contribution in [3.8, 4) is 22.5 Å². The number of aryl methyl sites for hydroxylation is 1. The topological polar surface area (TPSA) is 125 Å². The van der Waals surface area contributed by atoms with E-state index in [2.05, 4.69) is 30.5 Å². The summed E-state index contributed by atoms with van der Waals surface area (Å²) < 4.78 is 1.19. The predicted octanol–water partition coefficient (Wildman–Crippen LogP) is 1.62. The normalized spacial score (nSPS) is 11.4. The number of rotatable bonds is 2. The van der Waals surface area contributed by atoms with Gasteiger partial charge < -0.3 is 4.98 Å². The highest BCUT2D eigenvalue weighted by atomic mass is 16.1. The summed E-state index contributed by atoms with van der Waals surface area (Å²) in [5.41, 5.74) is 4.15. The van der Waals surface area contributed by atoms with E-state index < -0.39 is 0 Å². The Labute approximate surface area is 150 Å². The number of hydrogen-bond acceptors (Lipinski definition) is 5. The fraction of sp³-hybridized carbons (Fsp3) is 0.0556. The lowest BCUT2D eigenvalue weighted by Crippen LogP contribution is -2.16. The van der Waals surface area contributed by atoms with Crippen molar-refractivity contribution < 1.29 is 0 Å². The van der Waals surface area contributed by atoms with Crippen LogP contribution in [-0.4, -0.2) is 35.0 Å². The molecule has 4 heterocycles. The molecule has 0 amide bonds. The van der Waals surface area contributed by atoms with Crippen LogP contribution in [0.15, 0.2) is 52.2 Å². The van der Waals surface area contributed by atoms with Gasteiger partial charge in [-0.1, -0.05) is 12.1 Å². The summed E-state index contributed by atoms with van der Waals surface area (Å²) in [6.45, 7) is 1.91. The largest absolute Gasteiger partial charge is 0.339 e. The summed E-state index contributed by atoms with van der Waals surface area (Å²) in [6.07, 6.45) is 1.60. The highest BCUT2D eigenvalue weighted by Crippen LogP contribution is 2.27. The maximum absolute atomic E-state index is 12.6. The Bertz CT molecular complexity index is 1420. The molecule has 1 aromatic carbocycles. The van der Waals surface area contributed by atoms with Gasteiger partial charge in [0.2, 0.25) is 0 Å². The molecule has 0 fully saturated rings. The SMILES string of the molecule is Cc1c(-c2cc(=O)n3[nH]c(=O)c(-c4ccccn4)c3[nH]2)ccc2n[nH]nc12. The van der Waals surface area contributed by atoms with Gasteiger partial charge in [-0.3, -0.25) is 19.7 Å². The van der Waals surface area contributed by atoms with Crippen molar-refractivity contribution in [3.63, 3.8) is 0 Å². The standard InChI is InChI=1S/C18H13N7O2/c1-9-10(5-6-12-16(9)22-24-21-12)13-8-14(26)25-17(20-13)15(18(27)23-25)11-4-2-3-7-19-11/h2-8,20H,1H3,(H,23,27)(H,21,22,24). The molecule has 0 aliphatic rings. The molecule has 0 spiro atoms. The van der Waals surface area contributed by atoms with Crippen LogP contribution in [-0.2, 0) is 0 Å². The van der Waals surface area contributed by atoms with Crippen LogP contribution in [0.25, 0.3) is 39.2 Å². The van der Waals surface area contributed by atoms with E-state index in [1.54, 1.807) is 24.4 Å². The molecule has 27 heavy (non-hydrogen) atoms. The van der Waals surface area contributed by atoms with Crippen molar-refractivity contribution in [1.82, 2.24) is 35.0 Å². The second-order valence-electron chi connectivity index (χ2n) is 6.17. The summed E-state index contributed by atoms with van der Waals surface area (Å²) in [7, 11) is 0. The predicted molar refractivity (Wildman–Crippen MR) is 99.5 cm³/mol. The summed E-state index contributed by atoms with van der Waals surface area (Å²) >= 11 is 0. The first kappa shape index (κ1) is 15.3. The molecular formula is C18H13N7O2. The Balaban J connectivity index is 1.83. The maximum atomic E-state index is 12.6. The van der Waals surface area contributed by atoms with Crippen LogP contribution in [0.2, 0.25) is 0 Å². The molecule has 3 N–H and O–H groups in total. The van der Waals surface area contributed by atoms with E-state index in [-0.39, 0.29) is 11.1 Å². The van der Waals surface area contributed by atoms with E-state index in [4.69, 9.17) is 0 Å². The fourth-order valence-electron chi connectivity index (χ4n) is 3.30. The van der Waals surface area contributed by atoms with Crippen LogP contribution >= 0.6 is 0 Å². The number of fused-ring (bicyclic) bond motifs is 2. The molecule has 0 saturated carbocycles. The monoisotopic (exact) mass is 359 g/mol. The molecule has 0 aliphatic carbocycles. The lowest BCUT2D eigenvalue weighted by molar-refractivity contribution is 0.884. The van der Waals surface area contributed by atoms with Gasteiger partial charge >= 0.3 is 0 Å². The van der Waals surface area contributed by atoms with Gasteiger partial charge in [0, 0.05) is 17.8 Å². The molecule has 0 radical (unpaired) electrons. The van der Waals surface area contributed by atoms with Crippen molar-refractivity contribution in [2.75, 3.05) is 0 Å². The molecule has 9 heteroatoms. The number of nitrogens with zero attached hydrogens (tertiary/aromatic N) is 4. The van der Waals surface area contributed by atoms with E-state index in [1.165, 1.54) is 10.6 Å². The number of H-pyrrole nitrogens is 3. The lowest BCUT2D eigenvalue weighted by atomic mass is 10.0. The molecule has 0 saturated heterocycles. The number of nitrogens with one attached hydrogen (secondary N) is 3. The first-order valence-electron chi connectivity index (χ1n) is 8.23. The zero-order chi connectivity index (χ0) is 18.5. The third-order valence-corrected chi connectivity index (χ3v) is 4.60. The molecule has 4 aromatic heterocycles. The smallest absolute Gasteiger partial charge is 0.276 e. The van der Waals surface area contributed by atoms with Gasteiger partial charge in [-0.05, 0) is 30.7 Å². The molecule has 5 rings (SSSR count). The Morgan fingerprint density at radius 3 is 2.78 bits per heavy atom. The van der Waals surface area contributed by atoms with Crippen molar-refractivity contribution in [3.05, 3.63) is 68.9 Å². The Kier molecular flexibility index (Phi) is 3.11. The van der Waals surface area contributed by atoms with Crippen LogP contribution in [0.4, 0.5) is 0 Å². The van der Waals surface area contributed by atoms with E-state index in [0.29, 0.717) is 22.6 Å². The van der Waals surface area contributed by atoms with Gasteiger partial charge in [0.1, 0.15) is 22.2 Å². The minimum Gasteiger partial charge on any atom is -0.339 e. The first-order valence-corrected chi connectivity index (χ1v) is 8.23. The molecule has 9 nitrogen and oxygen atoms in total. The van der Waals surface area contributed by atoms with E-state index in [0.717, 1.165) is 22.2 Å². The van der Waals surface area contributed by atoms with Crippen LogP contribution in [0.3, 0.4) is 0 Å². The summed E-state index contributed by atoms with van der Waals surface area (Å²) in [6, 6.07) is 10.4. The highest BCUT2D eigenvalue weighted by molar-refractivity contribution is 5.85. The molecule has 0 atom stereocenters. The molecule has 0 bridgehead atoms. The lowest BCUT2D eigenvalue weighted by Gasteiger charge is -2.07. The maximum Gasteiger partial charge on any atom is 0.276 e. The average molecular weight is 359 g/mol. The molecule has 132 valence electrons. The average Bonchev–Trinajstić information content (AvgIpc) is 3.27. The Hall–Kier alpha value is -4.01. The number of benzene rings is 1. The Morgan fingerprint density at radius 1 is 1.07 bits per heavy atom. The van der Waals surface area contributed by atoms with E-state index >= 15 is 0 Å². The van der Waals surface area contributed by atoms with Gasteiger partial charge in [0.05, 0.1) is 11.4 Å². The third kappa shape index (κ3) is 2.21. The van der Waals surface area contributed by atoms with Crippen molar-refractivity contribution in [2.24, 2.45) is 0 Å². The highest BCUT2D eigenvalue weighted by Gasteiger charge is 2.17. The zero-order valence-corrected chi connectivity index (χ0v) is 14.1. The van der Waals surface area contributed by atoms with Gasteiger partial charge in [0.15, 0.2) is 0 Å². The van der Waals surface area contributed by atoms with Crippen LogP contribution < -0.4 is 11.1 Å². The summed E-state index contributed by atoms with van der Waals surface area (Å²) in [4.78, 5) is 32.5. The van der Waals surface area contributed by atoms with Gasteiger partial charge in [-0.25, -0.2) is 0 Å². The number of hydrogen-bond donors (Lipinski definition) is 3. The quantitative estimate of drug-likeness (QED) is 0.442. The zero-order valence-electron chi connectivity index (χ0n) is 14.1. The minimum absolute atomic E-state index is 0.315. The fourth-order valence-corrected chi connectivity index (χ4v) is 3.30.